The molecule has 3 N–H and O–H groups in total. The smallest absolute Gasteiger partial charge is 0.339 e. The molecule has 6 heteroatoms. The molecule has 1 atom stereocenters. The summed E-state index contributed by atoms with van der Waals surface area (Å²) in [6.45, 7) is 1.57. The van der Waals surface area contributed by atoms with Gasteiger partial charge in [-0.3, -0.25) is 5.21 Å². The molecule has 2 aromatic rings. The highest BCUT2D eigenvalue weighted by Crippen LogP contribution is 2.19. The topological polar surface area (TPSA) is 66.6 Å². The van der Waals surface area contributed by atoms with Crippen molar-refractivity contribution >= 4 is 17.4 Å². The average Bonchev–Trinajstić information content (AvgIpc) is 2.93. The maximum atomic E-state index is 12.9. The van der Waals surface area contributed by atoms with Crippen LogP contribution in [-0.4, -0.2) is 22.3 Å². The Bertz CT molecular complexity index is 716. The lowest BCUT2D eigenvalue weighted by Crippen LogP contribution is -2.38. The highest BCUT2D eigenvalue weighted by atomic mass is 32.1. The summed E-state index contributed by atoms with van der Waals surface area (Å²) in [5.41, 5.74) is 6.97. The largest absolute Gasteiger partial charge is 0.350 e. The zero-order valence-corrected chi connectivity index (χ0v) is 12.7. The van der Waals surface area contributed by atoms with E-state index in [0.29, 0.717) is 11.5 Å². The SMILES string of the molecule is C[C@H](C#Cc1sccc1Cc1ccc(F)cc1)N(O)C(N)=O. The third-order valence-electron chi connectivity index (χ3n) is 3.04. The Balaban J connectivity index is 2.13. The first kappa shape index (κ1) is 16.0. The predicted molar refractivity (Wildman–Crippen MR) is 83.1 cm³/mol. The van der Waals surface area contributed by atoms with Gasteiger partial charge in [-0.2, -0.15) is 5.06 Å². The lowest BCUT2D eigenvalue weighted by molar-refractivity contribution is -0.0536. The number of rotatable bonds is 3. The van der Waals surface area contributed by atoms with Crippen molar-refractivity contribution in [3.8, 4) is 11.8 Å². The predicted octanol–water partition coefficient (Wildman–Crippen LogP) is 2.99. The fraction of sp³-hybridized carbons (Fsp3) is 0.188. The number of hydroxylamine groups is 2. The van der Waals surface area contributed by atoms with Gasteiger partial charge in [-0.15, -0.1) is 11.3 Å². The molecule has 4 nitrogen and oxygen atoms in total. The van der Waals surface area contributed by atoms with E-state index in [0.717, 1.165) is 16.0 Å². The molecule has 1 heterocycles. The number of nitrogens with zero attached hydrogens (tertiary/aromatic N) is 1. The number of hydrogen-bond acceptors (Lipinski definition) is 3. The van der Waals surface area contributed by atoms with Crippen LogP contribution in [0.4, 0.5) is 9.18 Å². The Morgan fingerprint density at radius 1 is 1.41 bits per heavy atom. The first-order valence-corrected chi connectivity index (χ1v) is 7.45. The molecule has 22 heavy (non-hydrogen) atoms. The number of hydrogen-bond donors (Lipinski definition) is 2. The fourth-order valence-electron chi connectivity index (χ4n) is 1.83. The molecule has 1 aromatic heterocycles. The lowest BCUT2D eigenvalue weighted by atomic mass is 10.1. The van der Waals surface area contributed by atoms with E-state index >= 15 is 0 Å². The summed E-state index contributed by atoms with van der Waals surface area (Å²) in [4.78, 5) is 11.7. The maximum absolute atomic E-state index is 12.9. The minimum atomic E-state index is -0.945. The zero-order chi connectivity index (χ0) is 16.1. The van der Waals surface area contributed by atoms with Crippen LogP contribution in [0.2, 0.25) is 0 Å². The van der Waals surface area contributed by atoms with E-state index < -0.39 is 12.1 Å². The molecule has 0 aliphatic rings. The summed E-state index contributed by atoms with van der Waals surface area (Å²) in [5.74, 6) is 5.46. The van der Waals surface area contributed by atoms with Crippen molar-refractivity contribution in [2.75, 3.05) is 0 Å². The van der Waals surface area contributed by atoms with Crippen LogP contribution in [0.1, 0.15) is 22.9 Å². The molecule has 0 saturated heterocycles. The summed E-state index contributed by atoms with van der Waals surface area (Å²) in [6, 6.07) is 6.62. The number of benzene rings is 1. The second kappa shape index (κ2) is 7.07. The fourth-order valence-corrected chi connectivity index (χ4v) is 2.61. The van der Waals surface area contributed by atoms with Gasteiger partial charge in [0.15, 0.2) is 0 Å². The molecule has 0 unspecified atom stereocenters. The number of carbonyl (C=O) groups excluding carboxylic acids is 1. The van der Waals surface area contributed by atoms with Crippen LogP contribution < -0.4 is 5.73 Å². The van der Waals surface area contributed by atoms with Crippen LogP contribution in [0, 0.1) is 17.7 Å². The van der Waals surface area contributed by atoms with Gasteiger partial charge in [0.05, 0.1) is 4.88 Å². The van der Waals surface area contributed by atoms with Crippen molar-refractivity contribution in [3.05, 3.63) is 57.5 Å². The number of thiophene rings is 1. The lowest BCUT2D eigenvalue weighted by Gasteiger charge is -2.14. The third kappa shape index (κ3) is 4.07. The van der Waals surface area contributed by atoms with Crippen molar-refractivity contribution < 1.29 is 14.4 Å². The van der Waals surface area contributed by atoms with Crippen molar-refractivity contribution in [2.24, 2.45) is 5.73 Å². The summed E-state index contributed by atoms with van der Waals surface area (Å²) in [5, 5.41) is 11.7. The van der Waals surface area contributed by atoms with Crippen LogP contribution in [0.3, 0.4) is 0 Å². The second-order valence-corrected chi connectivity index (χ2v) is 5.62. The summed E-state index contributed by atoms with van der Waals surface area (Å²) < 4.78 is 12.9. The molecule has 2 rings (SSSR count). The van der Waals surface area contributed by atoms with Gasteiger partial charge < -0.3 is 5.73 Å². The molecule has 114 valence electrons. The van der Waals surface area contributed by atoms with Gasteiger partial charge in [-0.1, -0.05) is 24.0 Å². The van der Waals surface area contributed by atoms with Crippen molar-refractivity contribution in [3.63, 3.8) is 0 Å². The van der Waals surface area contributed by atoms with Crippen LogP contribution in [-0.2, 0) is 6.42 Å². The van der Waals surface area contributed by atoms with E-state index in [1.807, 2.05) is 11.4 Å². The molecule has 0 spiro atoms. The van der Waals surface area contributed by atoms with Crippen LogP contribution >= 0.6 is 11.3 Å². The van der Waals surface area contributed by atoms with Crippen LogP contribution in [0.15, 0.2) is 35.7 Å². The number of primary amides is 1. The molecule has 0 saturated carbocycles. The summed E-state index contributed by atoms with van der Waals surface area (Å²) >= 11 is 1.47. The Morgan fingerprint density at radius 2 is 2.09 bits per heavy atom. The van der Waals surface area contributed by atoms with Crippen LogP contribution in [0.5, 0.6) is 0 Å². The minimum absolute atomic E-state index is 0.266. The van der Waals surface area contributed by atoms with Gasteiger partial charge in [0.1, 0.15) is 11.9 Å². The normalized spacial score (nSPS) is 11.4. The van der Waals surface area contributed by atoms with Crippen molar-refractivity contribution in [2.45, 2.75) is 19.4 Å². The molecule has 0 bridgehead atoms. The Kier molecular flexibility index (Phi) is 5.15. The first-order chi connectivity index (χ1) is 10.5. The number of amides is 2. The molecule has 0 radical (unpaired) electrons. The van der Waals surface area contributed by atoms with Gasteiger partial charge in [-0.25, -0.2) is 9.18 Å². The van der Waals surface area contributed by atoms with E-state index in [4.69, 9.17) is 5.73 Å². The van der Waals surface area contributed by atoms with Gasteiger partial charge in [0.2, 0.25) is 0 Å². The molecule has 2 amide bonds. The van der Waals surface area contributed by atoms with Crippen LogP contribution in [0.25, 0.3) is 0 Å². The minimum Gasteiger partial charge on any atom is -0.350 e. The number of halogens is 1. The molecular weight excluding hydrogens is 303 g/mol. The Morgan fingerprint density at radius 3 is 2.73 bits per heavy atom. The highest BCUT2D eigenvalue weighted by Gasteiger charge is 2.12. The summed E-state index contributed by atoms with van der Waals surface area (Å²) in [6.07, 6.45) is 0.640. The monoisotopic (exact) mass is 318 g/mol. The van der Waals surface area contributed by atoms with E-state index in [2.05, 4.69) is 11.8 Å². The van der Waals surface area contributed by atoms with E-state index in [-0.39, 0.29) is 5.82 Å². The Hall–Kier alpha value is -2.36. The number of urea groups is 1. The van der Waals surface area contributed by atoms with Crippen molar-refractivity contribution in [1.29, 1.82) is 0 Å². The molecule has 0 fully saturated rings. The Labute approximate surface area is 131 Å². The van der Waals surface area contributed by atoms with Crippen molar-refractivity contribution in [1.82, 2.24) is 5.06 Å². The van der Waals surface area contributed by atoms with Gasteiger partial charge in [0.25, 0.3) is 0 Å². The van der Waals surface area contributed by atoms with E-state index in [1.54, 1.807) is 19.1 Å². The average molecular weight is 318 g/mol. The number of carbonyl (C=O) groups is 1. The third-order valence-corrected chi connectivity index (χ3v) is 3.91. The quantitative estimate of drug-likeness (QED) is 0.519. The molecular formula is C16H15FN2O2S. The molecule has 1 aromatic carbocycles. The number of nitrogens with two attached hydrogens (primary N) is 1. The van der Waals surface area contributed by atoms with E-state index in [9.17, 15) is 14.4 Å². The molecule has 0 aliphatic carbocycles. The standard InChI is InChI=1S/C16H15FN2O2S/c1-11(19(21)16(18)20)2-7-15-13(8-9-22-15)10-12-3-5-14(17)6-4-12/h3-6,8-9,11,21H,10H2,1H3,(H2,18,20)/t11-/m1/s1. The van der Waals surface area contributed by atoms with Gasteiger partial charge in [0, 0.05) is 0 Å². The second-order valence-electron chi connectivity index (χ2n) is 4.71. The summed E-state index contributed by atoms with van der Waals surface area (Å²) in [7, 11) is 0. The van der Waals surface area contributed by atoms with Gasteiger partial charge >= 0.3 is 6.03 Å². The van der Waals surface area contributed by atoms with Gasteiger partial charge in [-0.05, 0) is 48.1 Å². The molecule has 0 aliphatic heterocycles. The maximum Gasteiger partial charge on any atom is 0.339 e. The highest BCUT2D eigenvalue weighted by molar-refractivity contribution is 7.10. The zero-order valence-electron chi connectivity index (χ0n) is 11.9. The first-order valence-electron chi connectivity index (χ1n) is 6.57. The van der Waals surface area contributed by atoms with E-state index in [1.165, 1.54) is 23.5 Å².